The first-order valence-corrected chi connectivity index (χ1v) is 6.17. The van der Waals surface area contributed by atoms with Gasteiger partial charge in [-0.05, 0) is 36.6 Å². The van der Waals surface area contributed by atoms with E-state index in [-0.39, 0.29) is 11.2 Å². The zero-order chi connectivity index (χ0) is 12.3. The van der Waals surface area contributed by atoms with Crippen LogP contribution >= 0.6 is 0 Å². The van der Waals surface area contributed by atoms with Crippen LogP contribution in [0.1, 0.15) is 48.0 Å². The van der Waals surface area contributed by atoms with Crippen molar-refractivity contribution in [3.63, 3.8) is 0 Å². The van der Waals surface area contributed by atoms with E-state index in [1.54, 1.807) is 6.07 Å². The molecule has 0 atom stereocenters. The summed E-state index contributed by atoms with van der Waals surface area (Å²) in [6, 6.07) is 4.38. The quantitative estimate of drug-likeness (QED) is 0.819. The highest BCUT2D eigenvalue weighted by Crippen LogP contribution is 2.40. The van der Waals surface area contributed by atoms with Crippen molar-refractivity contribution in [1.82, 2.24) is 0 Å². The van der Waals surface area contributed by atoms with E-state index < -0.39 is 0 Å². The molecule has 1 aliphatic carbocycles. The van der Waals surface area contributed by atoms with E-state index in [0.29, 0.717) is 12.1 Å². The summed E-state index contributed by atoms with van der Waals surface area (Å²) in [5, 5.41) is 0. The minimum absolute atomic E-state index is 0.198. The largest absolute Gasteiger partial charge is 0.330 e. The fourth-order valence-electron chi connectivity index (χ4n) is 2.90. The maximum Gasteiger partial charge on any atom is 0.150 e. The molecular weight excluding hydrogens is 217 g/mol. The van der Waals surface area contributed by atoms with Gasteiger partial charge in [0.1, 0.15) is 12.1 Å². The van der Waals surface area contributed by atoms with E-state index in [0.717, 1.165) is 37.5 Å². The van der Waals surface area contributed by atoms with E-state index in [1.165, 1.54) is 18.6 Å². The van der Waals surface area contributed by atoms with Crippen LogP contribution in [0.15, 0.2) is 18.2 Å². The fourth-order valence-corrected chi connectivity index (χ4v) is 2.90. The summed E-state index contributed by atoms with van der Waals surface area (Å²) >= 11 is 0. The van der Waals surface area contributed by atoms with Gasteiger partial charge < -0.3 is 5.73 Å². The second kappa shape index (κ2) is 4.96. The number of benzene rings is 1. The van der Waals surface area contributed by atoms with Crippen LogP contribution < -0.4 is 5.73 Å². The van der Waals surface area contributed by atoms with Crippen molar-refractivity contribution in [2.75, 3.05) is 6.54 Å². The minimum atomic E-state index is -0.288. The van der Waals surface area contributed by atoms with Gasteiger partial charge >= 0.3 is 0 Å². The summed E-state index contributed by atoms with van der Waals surface area (Å²) in [5.74, 6) is -0.288. The Morgan fingerprint density at radius 3 is 2.59 bits per heavy atom. The second-order valence-corrected chi connectivity index (χ2v) is 4.89. The predicted octanol–water partition coefficient (Wildman–Crippen LogP) is 2.80. The van der Waals surface area contributed by atoms with E-state index in [1.807, 2.05) is 0 Å². The van der Waals surface area contributed by atoms with Crippen molar-refractivity contribution in [2.45, 2.75) is 37.5 Å². The van der Waals surface area contributed by atoms with Gasteiger partial charge in [0.05, 0.1) is 0 Å². The van der Waals surface area contributed by atoms with Crippen molar-refractivity contribution >= 4 is 6.29 Å². The highest BCUT2D eigenvalue weighted by molar-refractivity contribution is 5.78. The smallest absolute Gasteiger partial charge is 0.150 e. The van der Waals surface area contributed by atoms with Crippen LogP contribution in [-0.2, 0) is 5.41 Å². The number of rotatable bonds is 3. The molecule has 2 nitrogen and oxygen atoms in total. The van der Waals surface area contributed by atoms with Gasteiger partial charge in [-0.3, -0.25) is 4.79 Å². The molecule has 0 saturated heterocycles. The molecule has 0 spiro atoms. The lowest BCUT2D eigenvalue weighted by Gasteiger charge is -2.37. The molecule has 0 unspecified atom stereocenters. The molecule has 1 aromatic carbocycles. The molecule has 0 radical (unpaired) electrons. The van der Waals surface area contributed by atoms with Gasteiger partial charge in [0, 0.05) is 17.5 Å². The molecule has 3 heteroatoms. The number of carbonyl (C=O) groups excluding carboxylic acids is 1. The average molecular weight is 235 g/mol. The van der Waals surface area contributed by atoms with Crippen molar-refractivity contribution in [3.8, 4) is 0 Å². The van der Waals surface area contributed by atoms with Crippen LogP contribution in [-0.4, -0.2) is 12.8 Å². The van der Waals surface area contributed by atoms with E-state index in [4.69, 9.17) is 5.73 Å². The van der Waals surface area contributed by atoms with Crippen molar-refractivity contribution in [3.05, 3.63) is 35.1 Å². The SMILES string of the molecule is NCC1(c2cc(F)ccc2C=O)CCCCC1. The molecule has 92 valence electrons. The zero-order valence-corrected chi connectivity index (χ0v) is 9.92. The summed E-state index contributed by atoms with van der Waals surface area (Å²) in [6.45, 7) is 0.483. The number of aldehydes is 1. The van der Waals surface area contributed by atoms with Crippen LogP contribution in [0, 0.1) is 5.82 Å². The van der Waals surface area contributed by atoms with Crippen molar-refractivity contribution in [2.24, 2.45) is 5.73 Å². The molecule has 1 aromatic rings. The molecular formula is C14H18FNO. The molecule has 1 saturated carbocycles. The minimum Gasteiger partial charge on any atom is -0.330 e. The third-order valence-corrected chi connectivity index (χ3v) is 3.92. The normalized spacial score (nSPS) is 18.9. The third kappa shape index (κ3) is 2.25. The first kappa shape index (κ1) is 12.2. The van der Waals surface area contributed by atoms with Crippen molar-refractivity contribution < 1.29 is 9.18 Å². The molecule has 0 bridgehead atoms. The first-order chi connectivity index (χ1) is 8.22. The Morgan fingerprint density at radius 2 is 2.00 bits per heavy atom. The van der Waals surface area contributed by atoms with Gasteiger partial charge in [0.2, 0.25) is 0 Å². The van der Waals surface area contributed by atoms with Crippen molar-refractivity contribution in [1.29, 1.82) is 0 Å². The summed E-state index contributed by atoms with van der Waals surface area (Å²) in [5.41, 5.74) is 7.09. The molecule has 2 N–H and O–H groups in total. The molecule has 17 heavy (non-hydrogen) atoms. The number of hydrogen-bond donors (Lipinski definition) is 1. The predicted molar refractivity (Wildman–Crippen MR) is 65.6 cm³/mol. The Hall–Kier alpha value is -1.22. The standard InChI is InChI=1S/C14H18FNO/c15-12-5-4-11(9-17)13(8-12)14(10-16)6-2-1-3-7-14/h4-5,8-9H,1-3,6-7,10,16H2. The van der Waals surface area contributed by atoms with Crippen LogP contribution in [0.3, 0.4) is 0 Å². The van der Waals surface area contributed by atoms with Gasteiger partial charge in [0.15, 0.2) is 0 Å². The Bertz CT molecular complexity index is 411. The molecule has 2 rings (SSSR count). The molecule has 0 aliphatic heterocycles. The summed E-state index contributed by atoms with van der Waals surface area (Å²) in [7, 11) is 0. The van der Waals surface area contributed by atoms with E-state index in [9.17, 15) is 9.18 Å². The van der Waals surface area contributed by atoms with Gasteiger partial charge in [-0.1, -0.05) is 19.3 Å². The Kier molecular flexibility index (Phi) is 3.57. The first-order valence-electron chi connectivity index (χ1n) is 6.17. The van der Waals surface area contributed by atoms with Crippen LogP contribution in [0.4, 0.5) is 4.39 Å². The maximum absolute atomic E-state index is 13.4. The molecule has 1 fully saturated rings. The summed E-state index contributed by atoms with van der Waals surface area (Å²) in [6.07, 6.45) is 6.12. The van der Waals surface area contributed by atoms with Gasteiger partial charge in [-0.2, -0.15) is 0 Å². The van der Waals surface area contributed by atoms with E-state index >= 15 is 0 Å². The van der Waals surface area contributed by atoms with Crippen LogP contribution in [0.2, 0.25) is 0 Å². The monoisotopic (exact) mass is 235 g/mol. The number of hydrogen-bond acceptors (Lipinski definition) is 2. The molecule has 1 aliphatic rings. The molecule has 0 aromatic heterocycles. The molecule has 0 heterocycles. The van der Waals surface area contributed by atoms with Crippen LogP contribution in [0.5, 0.6) is 0 Å². The lowest BCUT2D eigenvalue weighted by Crippen LogP contribution is -2.38. The Labute approximate surface area is 101 Å². The topological polar surface area (TPSA) is 43.1 Å². The lowest BCUT2D eigenvalue weighted by atomic mass is 9.68. The number of nitrogens with two attached hydrogens (primary N) is 1. The summed E-state index contributed by atoms with van der Waals surface area (Å²) < 4.78 is 13.4. The molecule has 0 amide bonds. The van der Waals surface area contributed by atoms with Crippen LogP contribution in [0.25, 0.3) is 0 Å². The summed E-state index contributed by atoms with van der Waals surface area (Å²) in [4.78, 5) is 11.1. The Balaban J connectivity index is 2.48. The van der Waals surface area contributed by atoms with Gasteiger partial charge in [-0.25, -0.2) is 4.39 Å². The average Bonchev–Trinajstić information content (AvgIpc) is 2.39. The maximum atomic E-state index is 13.4. The zero-order valence-electron chi connectivity index (χ0n) is 9.92. The number of halogens is 1. The Morgan fingerprint density at radius 1 is 1.29 bits per heavy atom. The fraction of sp³-hybridized carbons (Fsp3) is 0.500. The highest BCUT2D eigenvalue weighted by Gasteiger charge is 2.34. The third-order valence-electron chi connectivity index (χ3n) is 3.92. The van der Waals surface area contributed by atoms with E-state index in [2.05, 4.69) is 0 Å². The van der Waals surface area contributed by atoms with Gasteiger partial charge in [0.25, 0.3) is 0 Å². The number of carbonyl (C=O) groups is 1. The lowest BCUT2D eigenvalue weighted by molar-refractivity contribution is 0.112. The van der Waals surface area contributed by atoms with Gasteiger partial charge in [-0.15, -0.1) is 0 Å². The second-order valence-electron chi connectivity index (χ2n) is 4.89. The highest BCUT2D eigenvalue weighted by atomic mass is 19.1.